The van der Waals surface area contributed by atoms with Crippen LogP contribution in [0.3, 0.4) is 0 Å². The van der Waals surface area contributed by atoms with Gasteiger partial charge in [-0.05, 0) is 67.8 Å². The van der Waals surface area contributed by atoms with Crippen LogP contribution in [0.1, 0.15) is 24.5 Å². The molecule has 7 nitrogen and oxygen atoms in total. The number of hydrogen-bond acceptors (Lipinski definition) is 7. The number of benzene rings is 1. The number of thioether (sulfide) groups is 1. The third-order valence-corrected chi connectivity index (χ3v) is 5.79. The number of carbonyl (C=O) groups is 1. The Balaban J connectivity index is 1.58. The van der Waals surface area contributed by atoms with Gasteiger partial charge in [0.25, 0.3) is 0 Å². The molecule has 1 aromatic carbocycles. The Bertz CT molecular complexity index is 1150. The molecule has 0 aliphatic carbocycles. The van der Waals surface area contributed by atoms with Crippen molar-refractivity contribution in [3.8, 4) is 22.9 Å². The molecule has 0 saturated carbocycles. The molecular formula is C23H22N4O3S. The molecule has 8 heteroatoms. The second-order valence-corrected chi connectivity index (χ2v) is 8.30. The molecule has 0 saturated heterocycles. The molecule has 158 valence electrons. The number of aromatic nitrogens is 3. The fourth-order valence-electron chi connectivity index (χ4n) is 3.24. The monoisotopic (exact) mass is 434 g/mol. The zero-order chi connectivity index (χ0) is 21.8. The highest BCUT2D eigenvalue weighted by Gasteiger charge is 2.23. The molecule has 31 heavy (non-hydrogen) atoms. The number of aryl methyl sites for hydroxylation is 2. The molecule has 3 heterocycles. The highest BCUT2D eigenvalue weighted by molar-refractivity contribution is 8.00. The second-order valence-electron chi connectivity index (χ2n) is 7.13. The Morgan fingerprint density at radius 2 is 1.65 bits per heavy atom. The SMILES string of the molecule is CCC(Sc1nnc(-c2ccco2)c(-c2ccco2)n1)C(=O)Nc1cc(C)cc(C)c1. The number of furan rings is 2. The van der Waals surface area contributed by atoms with Crippen LogP contribution in [-0.2, 0) is 4.79 Å². The van der Waals surface area contributed by atoms with E-state index in [4.69, 9.17) is 8.83 Å². The molecule has 0 bridgehead atoms. The van der Waals surface area contributed by atoms with Crippen molar-refractivity contribution in [3.63, 3.8) is 0 Å². The summed E-state index contributed by atoms with van der Waals surface area (Å²) < 4.78 is 11.0. The molecule has 1 amide bonds. The van der Waals surface area contributed by atoms with Gasteiger partial charge < -0.3 is 14.2 Å². The summed E-state index contributed by atoms with van der Waals surface area (Å²) in [5, 5.41) is 11.6. The molecule has 0 radical (unpaired) electrons. The molecule has 1 unspecified atom stereocenters. The van der Waals surface area contributed by atoms with E-state index in [0.717, 1.165) is 16.8 Å². The van der Waals surface area contributed by atoms with Crippen LogP contribution in [0.2, 0.25) is 0 Å². The fourth-order valence-corrected chi connectivity index (χ4v) is 4.06. The normalized spacial score (nSPS) is 12.0. The van der Waals surface area contributed by atoms with Crippen LogP contribution < -0.4 is 5.32 Å². The maximum absolute atomic E-state index is 12.9. The predicted octanol–water partition coefficient (Wildman–Crippen LogP) is 5.52. The first kappa shape index (κ1) is 20.9. The Labute approximate surface area is 184 Å². The summed E-state index contributed by atoms with van der Waals surface area (Å²) in [6, 6.07) is 13.1. The van der Waals surface area contributed by atoms with Crippen molar-refractivity contribution in [1.82, 2.24) is 15.2 Å². The molecule has 0 fully saturated rings. The molecule has 0 aliphatic rings. The van der Waals surface area contributed by atoms with Gasteiger partial charge in [-0.25, -0.2) is 4.98 Å². The van der Waals surface area contributed by atoms with Crippen molar-refractivity contribution in [2.24, 2.45) is 0 Å². The Morgan fingerprint density at radius 1 is 1.00 bits per heavy atom. The first-order valence-electron chi connectivity index (χ1n) is 9.91. The van der Waals surface area contributed by atoms with Crippen LogP contribution in [0.15, 0.2) is 69.0 Å². The molecule has 4 rings (SSSR count). The first-order chi connectivity index (χ1) is 15.0. The van der Waals surface area contributed by atoms with E-state index in [9.17, 15) is 4.79 Å². The molecule has 4 aromatic rings. The van der Waals surface area contributed by atoms with Crippen molar-refractivity contribution in [3.05, 3.63) is 66.1 Å². The Kier molecular flexibility index (Phi) is 6.18. The zero-order valence-electron chi connectivity index (χ0n) is 17.5. The van der Waals surface area contributed by atoms with Crippen LogP contribution in [-0.4, -0.2) is 26.3 Å². The zero-order valence-corrected chi connectivity index (χ0v) is 18.3. The van der Waals surface area contributed by atoms with Crippen molar-refractivity contribution in [2.75, 3.05) is 5.32 Å². The summed E-state index contributed by atoms with van der Waals surface area (Å²) in [7, 11) is 0. The maximum atomic E-state index is 12.9. The van der Waals surface area contributed by atoms with E-state index in [2.05, 4.69) is 26.6 Å². The van der Waals surface area contributed by atoms with Gasteiger partial charge in [-0.3, -0.25) is 4.79 Å². The van der Waals surface area contributed by atoms with Crippen molar-refractivity contribution in [2.45, 2.75) is 37.6 Å². The van der Waals surface area contributed by atoms with E-state index in [1.807, 2.05) is 32.9 Å². The first-order valence-corrected chi connectivity index (χ1v) is 10.8. The number of amides is 1. The van der Waals surface area contributed by atoms with Crippen molar-refractivity contribution in [1.29, 1.82) is 0 Å². The van der Waals surface area contributed by atoms with E-state index in [0.29, 0.717) is 34.5 Å². The van der Waals surface area contributed by atoms with Gasteiger partial charge >= 0.3 is 0 Å². The van der Waals surface area contributed by atoms with Gasteiger partial charge in [0.2, 0.25) is 11.1 Å². The number of nitrogens with zero attached hydrogens (tertiary/aromatic N) is 3. The van der Waals surface area contributed by atoms with Crippen LogP contribution in [0.4, 0.5) is 5.69 Å². The summed E-state index contributed by atoms with van der Waals surface area (Å²) in [4.78, 5) is 17.5. The van der Waals surface area contributed by atoms with Gasteiger partial charge in [-0.15, -0.1) is 10.2 Å². The van der Waals surface area contributed by atoms with E-state index in [1.165, 1.54) is 11.8 Å². The lowest BCUT2D eigenvalue weighted by Crippen LogP contribution is -2.25. The van der Waals surface area contributed by atoms with E-state index >= 15 is 0 Å². The second kappa shape index (κ2) is 9.18. The molecule has 0 spiro atoms. The Morgan fingerprint density at radius 3 is 2.23 bits per heavy atom. The molecule has 3 aromatic heterocycles. The van der Waals surface area contributed by atoms with Crippen molar-refractivity contribution < 1.29 is 13.6 Å². The summed E-state index contributed by atoms with van der Waals surface area (Å²) >= 11 is 1.27. The lowest BCUT2D eigenvalue weighted by atomic mass is 10.1. The number of rotatable bonds is 7. The van der Waals surface area contributed by atoms with E-state index in [1.54, 1.807) is 36.8 Å². The van der Waals surface area contributed by atoms with Gasteiger partial charge in [0.05, 0.1) is 17.8 Å². The molecular weight excluding hydrogens is 412 g/mol. The molecule has 0 aliphatic heterocycles. The van der Waals surface area contributed by atoms with Gasteiger partial charge in [0.15, 0.2) is 17.2 Å². The minimum atomic E-state index is -0.374. The standard InChI is InChI=1S/C23H22N4O3S/c1-4-19(22(28)24-16-12-14(2)11-15(3)13-16)31-23-25-20(17-7-5-9-29-17)21(26-27-23)18-8-6-10-30-18/h5-13,19H,4H2,1-3H3,(H,24,28). The van der Waals surface area contributed by atoms with Gasteiger partial charge in [-0.1, -0.05) is 24.8 Å². The average Bonchev–Trinajstić information content (AvgIpc) is 3.45. The number of carbonyl (C=O) groups excluding carboxylic acids is 1. The lowest BCUT2D eigenvalue weighted by Gasteiger charge is -2.15. The lowest BCUT2D eigenvalue weighted by molar-refractivity contribution is -0.115. The summed E-state index contributed by atoms with van der Waals surface area (Å²) in [6.07, 6.45) is 3.75. The molecule has 1 atom stereocenters. The Hall–Kier alpha value is -3.39. The van der Waals surface area contributed by atoms with Crippen LogP contribution in [0.5, 0.6) is 0 Å². The van der Waals surface area contributed by atoms with Crippen molar-refractivity contribution >= 4 is 23.4 Å². The highest BCUT2D eigenvalue weighted by atomic mass is 32.2. The van der Waals surface area contributed by atoms with Crippen LogP contribution in [0, 0.1) is 13.8 Å². The maximum Gasteiger partial charge on any atom is 0.237 e. The van der Waals surface area contributed by atoms with E-state index < -0.39 is 0 Å². The quantitative estimate of drug-likeness (QED) is 0.383. The largest absolute Gasteiger partial charge is 0.463 e. The smallest absolute Gasteiger partial charge is 0.237 e. The van der Waals surface area contributed by atoms with Gasteiger partial charge in [0.1, 0.15) is 5.69 Å². The predicted molar refractivity (Wildman–Crippen MR) is 120 cm³/mol. The van der Waals surface area contributed by atoms with Gasteiger partial charge in [-0.2, -0.15) is 0 Å². The number of nitrogens with one attached hydrogen (secondary N) is 1. The summed E-state index contributed by atoms with van der Waals surface area (Å²) in [5.74, 6) is 0.995. The summed E-state index contributed by atoms with van der Waals surface area (Å²) in [6.45, 7) is 5.97. The number of hydrogen-bond donors (Lipinski definition) is 1. The highest BCUT2D eigenvalue weighted by Crippen LogP contribution is 2.32. The van der Waals surface area contributed by atoms with Crippen LogP contribution >= 0.6 is 11.8 Å². The fraction of sp³-hybridized carbons (Fsp3) is 0.217. The number of anilines is 1. The average molecular weight is 435 g/mol. The third kappa shape index (κ3) is 4.86. The van der Waals surface area contributed by atoms with Crippen LogP contribution in [0.25, 0.3) is 22.9 Å². The minimum absolute atomic E-state index is 0.101. The van der Waals surface area contributed by atoms with E-state index in [-0.39, 0.29) is 11.2 Å². The molecule has 1 N–H and O–H groups in total. The summed E-state index contributed by atoms with van der Waals surface area (Å²) in [5.41, 5.74) is 3.98. The van der Waals surface area contributed by atoms with Gasteiger partial charge in [0, 0.05) is 5.69 Å². The topological polar surface area (TPSA) is 94.1 Å². The minimum Gasteiger partial charge on any atom is -0.463 e. The third-order valence-electron chi connectivity index (χ3n) is 4.58.